The van der Waals surface area contributed by atoms with Gasteiger partial charge in [0.1, 0.15) is 11.4 Å². The molecule has 0 aliphatic rings. The molecule has 1 N–H and O–H groups in total. The van der Waals surface area contributed by atoms with Crippen LogP contribution in [0.4, 0.5) is 11.4 Å². The number of Topliss-reactive ketones (excluding diaryl/α,β-unsaturated/α-hetero) is 1. The van der Waals surface area contributed by atoms with Crippen molar-refractivity contribution in [1.82, 2.24) is 0 Å². The van der Waals surface area contributed by atoms with Gasteiger partial charge < -0.3 is 5.11 Å². The third-order valence-electron chi connectivity index (χ3n) is 2.57. The van der Waals surface area contributed by atoms with Crippen molar-refractivity contribution in [1.29, 1.82) is 0 Å². The Labute approximate surface area is 125 Å². The zero-order chi connectivity index (χ0) is 14.7. The van der Waals surface area contributed by atoms with Gasteiger partial charge in [-0.1, -0.05) is 29.3 Å². The minimum Gasteiger partial charge on any atom is -0.505 e. The first-order valence-electron chi connectivity index (χ1n) is 5.68. The van der Waals surface area contributed by atoms with Gasteiger partial charge in [-0.2, -0.15) is 0 Å². The molecule has 0 atom stereocenters. The van der Waals surface area contributed by atoms with Crippen LogP contribution in [0.5, 0.6) is 5.75 Å². The Balaban J connectivity index is 2.39. The van der Waals surface area contributed by atoms with Crippen molar-refractivity contribution in [2.45, 2.75) is 6.92 Å². The third-order valence-corrected chi connectivity index (χ3v) is 3.12. The van der Waals surface area contributed by atoms with E-state index < -0.39 is 0 Å². The third kappa shape index (κ3) is 3.15. The topological polar surface area (TPSA) is 62.0 Å². The SMILES string of the molecule is CC(=O)c1cccc(N=Nc2cc(Cl)ccc2Cl)c1O. The molecule has 0 unspecified atom stereocenters. The lowest BCUT2D eigenvalue weighted by Crippen LogP contribution is -1.91. The van der Waals surface area contributed by atoms with Crippen molar-refractivity contribution in [2.75, 3.05) is 0 Å². The number of halogens is 2. The summed E-state index contributed by atoms with van der Waals surface area (Å²) in [6, 6.07) is 9.47. The van der Waals surface area contributed by atoms with Crippen molar-refractivity contribution in [3.8, 4) is 5.75 Å². The Morgan fingerprint density at radius 1 is 1.10 bits per heavy atom. The maximum Gasteiger partial charge on any atom is 0.163 e. The summed E-state index contributed by atoms with van der Waals surface area (Å²) in [4.78, 5) is 11.3. The lowest BCUT2D eigenvalue weighted by molar-refractivity contribution is 0.101. The number of hydrogen-bond acceptors (Lipinski definition) is 4. The van der Waals surface area contributed by atoms with E-state index in [1.807, 2.05) is 0 Å². The molecule has 0 aliphatic heterocycles. The summed E-state index contributed by atoms with van der Waals surface area (Å²) in [6.45, 7) is 1.36. The molecule has 0 saturated heterocycles. The quantitative estimate of drug-likeness (QED) is 0.616. The van der Waals surface area contributed by atoms with Crippen LogP contribution in [0, 0.1) is 0 Å². The number of para-hydroxylation sites is 1. The van der Waals surface area contributed by atoms with Crippen LogP contribution in [0.25, 0.3) is 0 Å². The molecule has 20 heavy (non-hydrogen) atoms. The van der Waals surface area contributed by atoms with E-state index in [0.717, 1.165) is 0 Å². The lowest BCUT2D eigenvalue weighted by Gasteiger charge is -2.03. The lowest BCUT2D eigenvalue weighted by atomic mass is 10.1. The van der Waals surface area contributed by atoms with Crippen LogP contribution < -0.4 is 0 Å². The van der Waals surface area contributed by atoms with E-state index in [1.54, 1.807) is 30.3 Å². The molecule has 0 radical (unpaired) electrons. The Morgan fingerprint density at radius 2 is 1.80 bits per heavy atom. The molecule has 0 amide bonds. The predicted octanol–water partition coefficient (Wildman–Crippen LogP) is 5.32. The molecule has 0 fully saturated rings. The maximum atomic E-state index is 11.3. The van der Waals surface area contributed by atoms with Gasteiger partial charge in [0.05, 0.1) is 10.6 Å². The van der Waals surface area contributed by atoms with Gasteiger partial charge in [-0.25, -0.2) is 0 Å². The molecule has 2 aromatic rings. The highest BCUT2D eigenvalue weighted by Crippen LogP contribution is 2.34. The molecule has 4 nitrogen and oxygen atoms in total. The van der Waals surface area contributed by atoms with Crippen molar-refractivity contribution in [3.63, 3.8) is 0 Å². The van der Waals surface area contributed by atoms with Gasteiger partial charge in [-0.15, -0.1) is 10.2 Å². The number of carbonyl (C=O) groups excluding carboxylic acids is 1. The highest BCUT2D eigenvalue weighted by Gasteiger charge is 2.10. The van der Waals surface area contributed by atoms with Crippen LogP contribution in [0.15, 0.2) is 46.6 Å². The number of rotatable bonds is 3. The molecule has 0 aromatic heterocycles. The minimum absolute atomic E-state index is 0.189. The molecular formula is C14H10Cl2N2O2. The molecule has 2 rings (SSSR count). The second-order valence-electron chi connectivity index (χ2n) is 4.03. The Hall–Kier alpha value is -1.91. The zero-order valence-electron chi connectivity index (χ0n) is 10.5. The number of nitrogens with zero attached hydrogens (tertiary/aromatic N) is 2. The molecule has 102 valence electrons. The van der Waals surface area contributed by atoms with Crippen LogP contribution in [0.1, 0.15) is 17.3 Å². The van der Waals surface area contributed by atoms with Crippen molar-refractivity contribution in [3.05, 3.63) is 52.0 Å². The molecule has 6 heteroatoms. The summed E-state index contributed by atoms with van der Waals surface area (Å²) in [5.41, 5.74) is 0.763. The molecule has 0 aliphatic carbocycles. The van der Waals surface area contributed by atoms with Crippen LogP contribution in [0.2, 0.25) is 10.0 Å². The Kier molecular flexibility index (Phi) is 4.37. The number of hydrogen-bond donors (Lipinski definition) is 1. The van der Waals surface area contributed by atoms with E-state index in [-0.39, 0.29) is 22.8 Å². The molecule has 0 spiro atoms. The Morgan fingerprint density at radius 3 is 2.50 bits per heavy atom. The minimum atomic E-state index is -0.250. The molecule has 0 heterocycles. The van der Waals surface area contributed by atoms with Crippen LogP contribution in [0.3, 0.4) is 0 Å². The van der Waals surface area contributed by atoms with E-state index in [0.29, 0.717) is 15.7 Å². The average molecular weight is 309 g/mol. The van der Waals surface area contributed by atoms with E-state index in [9.17, 15) is 9.90 Å². The first-order chi connectivity index (χ1) is 9.49. The average Bonchev–Trinajstić information content (AvgIpc) is 2.41. The summed E-state index contributed by atoms with van der Waals surface area (Å²) >= 11 is 11.8. The molecular weight excluding hydrogens is 299 g/mol. The number of phenols is 1. The first kappa shape index (κ1) is 14.5. The van der Waals surface area contributed by atoms with Gasteiger partial charge >= 0.3 is 0 Å². The van der Waals surface area contributed by atoms with E-state index in [2.05, 4.69) is 10.2 Å². The summed E-state index contributed by atoms with van der Waals surface area (Å²) in [5.74, 6) is -0.456. The van der Waals surface area contributed by atoms with E-state index >= 15 is 0 Å². The van der Waals surface area contributed by atoms with Gasteiger partial charge in [-0.05, 0) is 37.3 Å². The monoisotopic (exact) mass is 308 g/mol. The number of carbonyl (C=O) groups is 1. The summed E-state index contributed by atoms with van der Waals surface area (Å²) in [7, 11) is 0. The summed E-state index contributed by atoms with van der Waals surface area (Å²) in [6.07, 6.45) is 0. The summed E-state index contributed by atoms with van der Waals surface area (Å²) in [5, 5.41) is 18.6. The van der Waals surface area contributed by atoms with Gasteiger partial charge in [0.15, 0.2) is 11.5 Å². The largest absolute Gasteiger partial charge is 0.505 e. The first-order valence-corrected chi connectivity index (χ1v) is 6.44. The molecule has 0 saturated carbocycles. The maximum absolute atomic E-state index is 11.3. The zero-order valence-corrected chi connectivity index (χ0v) is 12.0. The van der Waals surface area contributed by atoms with Crippen LogP contribution >= 0.6 is 23.2 Å². The number of aromatic hydroxyl groups is 1. The fourth-order valence-corrected chi connectivity index (χ4v) is 1.89. The predicted molar refractivity (Wildman–Crippen MR) is 78.7 cm³/mol. The standard InChI is InChI=1S/C14H10Cl2N2O2/c1-8(19)10-3-2-4-12(14(10)20)17-18-13-7-9(15)5-6-11(13)16/h2-7,20H,1H3. The van der Waals surface area contributed by atoms with Gasteiger partial charge in [0.2, 0.25) is 0 Å². The van der Waals surface area contributed by atoms with E-state index in [4.69, 9.17) is 23.2 Å². The number of phenolic OH excluding ortho intramolecular Hbond substituents is 1. The Bertz CT molecular complexity index is 700. The fourth-order valence-electron chi connectivity index (χ4n) is 1.57. The van der Waals surface area contributed by atoms with Crippen molar-refractivity contribution >= 4 is 40.4 Å². The summed E-state index contributed by atoms with van der Waals surface area (Å²) < 4.78 is 0. The van der Waals surface area contributed by atoms with Crippen molar-refractivity contribution in [2.24, 2.45) is 10.2 Å². The number of benzene rings is 2. The molecule has 0 bridgehead atoms. The van der Waals surface area contributed by atoms with Gasteiger partial charge in [-0.3, -0.25) is 4.79 Å². The van der Waals surface area contributed by atoms with Crippen LogP contribution in [-0.2, 0) is 0 Å². The normalized spacial score (nSPS) is 10.9. The second kappa shape index (κ2) is 6.03. The number of azo groups is 1. The second-order valence-corrected chi connectivity index (χ2v) is 4.87. The fraction of sp³-hybridized carbons (Fsp3) is 0.0714. The van der Waals surface area contributed by atoms with Crippen LogP contribution in [-0.4, -0.2) is 10.9 Å². The highest BCUT2D eigenvalue weighted by atomic mass is 35.5. The highest BCUT2D eigenvalue weighted by molar-refractivity contribution is 6.35. The van der Waals surface area contributed by atoms with Gasteiger partial charge in [0, 0.05) is 5.02 Å². The molecule has 2 aromatic carbocycles. The smallest absolute Gasteiger partial charge is 0.163 e. The van der Waals surface area contributed by atoms with Crippen molar-refractivity contribution < 1.29 is 9.90 Å². The number of ketones is 1. The van der Waals surface area contributed by atoms with Gasteiger partial charge in [0.25, 0.3) is 0 Å². The van der Waals surface area contributed by atoms with E-state index in [1.165, 1.54) is 13.0 Å².